The molecule has 2 aliphatic rings. The normalized spacial score (nSPS) is 31.2. The lowest BCUT2D eigenvalue weighted by Gasteiger charge is -2.27. The van der Waals surface area contributed by atoms with Gasteiger partial charge in [-0.3, -0.25) is 4.90 Å². The lowest BCUT2D eigenvalue weighted by atomic mass is 10.3. The van der Waals surface area contributed by atoms with Crippen molar-refractivity contribution >= 4 is 47.3 Å². The fourth-order valence-corrected chi connectivity index (χ4v) is 5.87. The van der Waals surface area contributed by atoms with Crippen LogP contribution in [0.2, 0.25) is 0 Å². The van der Waals surface area contributed by atoms with Crippen LogP contribution in [0.25, 0.3) is 0 Å². The summed E-state index contributed by atoms with van der Waals surface area (Å²) in [6.07, 6.45) is 0. The lowest BCUT2D eigenvalue weighted by molar-refractivity contribution is -0.141. The molecule has 2 rings (SSSR count). The van der Waals surface area contributed by atoms with Crippen LogP contribution in [-0.4, -0.2) is 68.2 Å². The number of aliphatic carboxylic acids is 1. The van der Waals surface area contributed by atoms with Crippen molar-refractivity contribution in [2.75, 3.05) is 29.6 Å². The molecule has 0 radical (unpaired) electrons. The van der Waals surface area contributed by atoms with Crippen LogP contribution in [0.3, 0.4) is 0 Å². The molecule has 8 heteroatoms. The first kappa shape index (κ1) is 15.2. The van der Waals surface area contributed by atoms with Gasteiger partial charge in [-0.15, -0.1) is 11.8 Å². The molecule has 0 saturated carbocycles. The lowest BCUT2D eigenvalue weighted by Crippen LogP contribution is -2.50. The first-order chi connectivity index (χ1) is 9.09. The summed E-state index contributed by atoms with van der Waals surface area (Å²) in [5.74, 6) is 2.90. The second kappa shape index (κ2) is 6.99. The Morgan fingerprint density at radius 2 is 2.11 bits per heavy atom. The second-order valence-corrected chi connectivity index (χ2v) is 8.35. The van der Waals surface area contributed by atoms with E-state index < -0.39 is 12.0 Å². The molecule has 3 unspecified atom stereocenters. The van der Waals surface area contributed by atoms with E-state index in [2.05, 4.69) is 5.32 Å². The number of carbonyl (C=O) groups is 2. The maximum Gasteiger partial charge on any atom is 0.327 e. The fourth-order valence-electron chi connectivity index (χ4n) is 2.09. The average Bonchev–Trinajstić information content (AvgIpc) is 2.79. The largest absolute Gasteiger partial charge is 0.480 e. The molecule has 2 aliphatic heterocycles. The highest BCUT2D eigenvalue weighted by Crippen LogP contribution is 2.29. The topological polar surface area (TPSA) is 69.6 Å². The molecule has 2 fully saturated rings. The maximum absolute atomic E-state index is 12.1. The average molecular weight is 322 g/mol. The summed E-state index contributed by atoms with van der Waals surface area (Å²) in [5, 5.41) is 12.4. The first-order valence-corrected chi connectivity index (χ1v) is 9.44. The molecule has 5 nitrogen and oxygen atoms in total. The second-order valence-electron chi connectivity index (χ2n) is 4.45. The van der Waals surface area contributed by atoms with E-state index in [1.165, 1.54) is 22.4 Å². The van der Waals surface area contributed by atoms with Gasteiger partial charge in [0.15, 0.2) is 0 Å². The number of amides is 2. The number of nitrogens with one attached hydrogen (secondary N) is 1. The summed E-state index contributed by atoms with van der Waals surface area (Å²) >= 11 is 5.30. The summed E-state index contributed by atoms with van der Waals surface area (Å²) < 4.78 is 0. The van der Waals surface area contributed by atoms with E-state index in [0.717, 1.165) is 11.5 Å². The number of hydrogen-bond acceptors (Lipinski definition) is 5. The van der Waals surface area contributed by atoms with Crippen molar-refractivity contribution < 1.29 is 14.7 Å². The molecular weight excluding hydrogens is 304 g/mol. The van der Waals surface area contributed by atoms with Gasteiger partial charge < -0.3 is 10.4 Å². The van der Waals surface area contributed by atoms with Crippen LogP contribution in [0.5, 0.6) is 0 Å². The van der Waals surface area contributed by atoms with Gasteiger partial charge in [0.1, 0.15) is 6.04 Å². The van der Waals surface area contributed by atoms with E-state index in [-0.39, 0.29) is 11.4 Å². The zero-order chi connectivity index (χ0) is 13.8. The van der Waals surface area contributed by atoms with E-state index in [1.807, 2.05) is 30.4 Å². The zero-order valence-corrected chi connectivity index (χ0v) is 13.2. The number of rotatable bonds is 3. The molecular formula is C11H18N2O3S3. The van der Waals surface area contributed by atoms with Crippen molar-refractivity contribution in [3.63, 3.8) is 0 Å². The number of carbonyl (C=O) groups excluding carboxylic acids is 1. The molecule has 108 valence electrons. The predicted molar refractivity (Wildman–Crippen MR) is 82.2 cm³/mol. The number of carboxylic acid groups (broad SMARTS) is 1. The van der Waals surface area contributed by atoms with E-state index in [0.29, 0.717) is 17.5 Å². The number of thioether (sulfide) groups is 3. The van der Waals surface area contributed by atoms with Crippen LogP contribution in [0.15, 0.2) is 0 Å². The van der Waals surface area contributed by atoms with Crippen molar-refractivity contribution in [3.05, 3.63) is 0 Å². The standard InChI is InChI=1S/C11H18N2O3S3/c1-7-13(9(6-19-7)10(14)15)11(16)12-4-8-5-17-2-3-18-8/h7-9H,2-6H2,1H3,(H,12,16)(H,14,15). The van der Waals surface area contributed by atoms with Gasteiger partial charge in [0.2, 0.25) is 0 Å². The van der Waals surface area contributed by atoms with Gasteiger partial charge in [-0.1, -0.05) is 0 Å². The Balaban J connectivity index is 1.85. The first-order valence-electron chi connectivity index (χ1n) is 6.19. The summed E-state index contributed by atoms with van der Waals surface area (Å²) in [6.45, 7) is 2.50. The minimum Gasteiger partial charge on any atom is -0.480 e. The van der Waals surface area contributed by atoms with Crippen molar-refractivity contribution in [2.45, 2.75) is 23.6 Å². The monoisotopic (exact) mass is 322 g/mol. The predicted octanol–water partition coefficient (Wildman–Crippen LogP) is 1.39. The van der Waals surface area contributed by atoms with Crippen molar-refractivity contribution in [1.29, 1.82) is 0 Å². The molecule has 2 amide bonds. The van der Waals surface area contributed by atoms with Gasteiger partial charge >= 0.3 is 12.0 Å². The van der Waals surface area contributed by atoms with Crippen molar-refractivity contribution in [1.82, 2.24) is 10.2 Å². The molecule has 0 bridgehead atoms. The van der Waals surface area contributed by atoms with Crippen LogP contribution < -0.4 is 5.32 Å². The fraction of sp³-hybridized carbons (Fsp3) is 0.818. The van der Waals surface area contributed by atoms with Gasteiger partial charge in [0.25, 0.3) is 0 Å². The Bertz CT molecular complexity index is 350. The van der Waals surface area contributed by atoms with Crippen LogP contribution in [0.1, 0.15) is 6.92 Å². The van der Waals surface area contributed by atoms with Gasteiger partial charge in [0.05, 0.1) is 5.37 Å². The van der Waals surface area contributed by atoms with E-state index in [1.54, 1.807) is 0 Å². The quantitative estimate of drug-likeness (QED) is 0.818. The van der Waals surface area contributed by atoms with Crippen LogP contribution in [0.4, 0.5) is 4.79 Å². The van der Waals surface area contributed by atoms with Gasteiger partial charge in [0, 0.05) is 34.8 Å². The molecule has 0 aromatic carbocycles. The summed E-state index contributed by atoms with van der Waals surface area (Å²) in [4.78, 5) is 24.7. The molecule has 2 heterocycles. The number of carboxylic acids is 1. The van der Waals surface area contributed by atoms with E-state index in [9.17, 15) is 9.59 Å². The van der Waals surface area contributed by atoms with Gasteiger partial charge in [-0.25, -0.2) is 9.59 Å². The van der Waals surface area contributed by atoms with Crippen LogP contribution in [0, 0.1) is 0 Å². The molecule has 0 aromatic heterocycles. The summed E-state index contributed by atoms with van der Waals surface area (Å²) in [5.41, 5.74) is 0. The Labute approximate surface area is 125 Å². The minimum atomic E-state index is -0.922. The number of urea groups is 1. The Morgan fingerprint density at radius 1 is 1.32 bits per heavy atom. The van der Waals surface area contributed by atoms with E-state index in [4.69, 9.17) is 5.11 Å². The summed E-state index contributed by atoms with van der Waals surface area (Å²) in [7, 11) is 0. The molecule has 2 N–H and O–H groups in total. The van der Waals surface area contributed by atoms with E-state index >= 15 is 0 Å². The van der Waals surface area contributed by atoms with Crippen LogP contribution in [-0.2, 0) is 4.79 Å². The summed E-state index contributed by atoms with van der Waals surface area (Å²) in [6, 6.07) is -0.950. The SMILES string of the molecule is CC1SCC(C(=O)O)N1C(=O)NCC1CSCCS1. The van der Waals surface area contributed by atoms with Crippen LogP contribution >= 0.6 is 35.3 Å². The van der Waals surface area contributed by atoms with Crippen molar-refractivity contribution in [2.24, 2.45) is 0 Å². The molecule has 3 atom stereocenters. The molecule has 2 saturated heterocycles. The maximum atomic E-state index is 12.1. The third-order valence-electron chi connectivity index (χ3n) is 3.11. The van der Waals surface area contributed by atoms with Crippen molar-refractivity contribution in [3.8, 4) is 0 Å². The zero-order valence-electron chi connectivity index (χ0n) is 10.7. The third-order valence-corrected chi connectivity index (χ3v) is 7.17. The molecule has 0 spiro atoms. The Hall–Kier alpha value is -0.210. The molecule has 0 aliphatic carbocycles. The highest BCUT2D eigenvalue weighted by Gasteiger charge is 2.39. The number of nitrogens with zero attached hydrogens (tertiary/aromatic N) is 1. The smallest absolute Gasteiger partial charge is 0.327 e. The number of hydrogen-bond donors (Lipinski definition) is 2. The highest BCUT2D eigenvalue weighted by molar-refractivity contribution is 8.06. The molecule has 0 aromatic rings. The van der Waals surface area contributed by atoms with Gasteiger partial charge in [-0.05, 0) is 6.92 Å². The highest BCUT2D eigenvalue weighted by atomic mass is 32.2. The third kappa shape index (κ3) is 3.88. The van der Waals surface area contributed by atoms with Gasteiger partial charge in [-0.2, -0.15) is 23.5 Å². The Kier molecular flexibility index (Phi) is 5.58. The molecule has 19 heavy (non-hydrogen) atoms. The Morgan fingerprint density at radius 3 is 2.74 bits per heavy atom. The minimum absolute atomic E-state index is 0.0746.